The van der Waals surface area contributed by atoms with Gasteiger partial charge in [-0.05, 0) is 12.1 Å². The fraction of sp³-hybridized carbons (Fsp3) is 0.278. The number of anilines is 1. The number of benzene rings is 2. The van der Waals surface area contributed by atoms with Gasteiger partial charge in [-0.25, -0.2) is 0 Å². The molecule has 4 heteroatoms. The Kier molecular flexibility index (Phi) is 4.39. The Morgan fingerprint density at radius 2 is 1.95 bits per heavy atom. The maximum absolute atomic E-state index is 12.7. The summed E-state index contributed by atoms with van der Waals surface area (Å²) < 4.78 is 5.20. The minimum Gasteiger partial charge on any atom is -0.497 e. The van der Waals surface area contributed by atoms with Crippen LogP contribution in [-0.4, -0.2) is 19.1 Å². The van der Waals surface area contributed by atoms with Gasteiger partial charge in [-0.2, -0.15) is 0 Å². The molecule has 1 aliphatic rings. The molecule has 1 atom stereocenters. The number of quaternary nitrogens is 1. The standard InChI is InChI=1S/C18H20N2O2/c1-22-16-9-5-8-15(12-16)20-18(21)17(19-14-10-11-14)13-6-3-2-4-7-13/h2-9,12,14,17,19H,10-11H2,1H3,(H,20,21)/p+1/t17-/m0/s1. The van der Waals surface area contributed by atoms with Crippen molar-refractivity contribution < 1.29 is 14.8 Å². The van der Waals surface area contributed by atoms with Gasteiger partial charge >= 0.3 is 0 Å². The number of hydrogen-bond acceptors (Lipinski definition) is 2. The third-order valence-electron chi connectivity index (χ3n) is 3.87. The fourth-order valence-electron chi connectivity index (χ4n) is 2.49. The highest BCUT2D eigenvalue weighted by atomic mass is 16.5. The Balaban J connectivity index is 1.76. The summed E-state index contributed by atoms with van der Waals surface area (Å²) in [5.74, 6) is 0.742. The van der Waals surface area contributed by atoms with Gasteiger partial charge in [0.25, 0.3) is 5.91 Å². The van der Waals surface area contributed by atoms with Gasteiger partial charge in [0.1, 0.15) is 5.75 Å². The van der Waals surface area contributed by atoms with Crippen molar-refractivity contribution in [1.82, 2.24) is 0 Å². The van der Waals surface area contributed by atoms with Crippen LogP contribution in [0.3, 0.4) is 0 Å². The molecule has 22 heavy (non-hydrogen) atoms. The molecule has 0 saturated heterocycles. The van der Waals surface area contributed by atoms with E-state index in [2.05, 4.69) is 10.6 Å². The molecule has 114 valence electrons. The number of nitrogens with one attached hydrogen (secondary N) is 1. The summed E-state index contributed by atoms with van der Waals surface area (Å²) in [6.45, 7) is 0. The monoisotopic (exact) mass is 297 g/mol. The lowest BCUT2D eigenvalue weighted by atomic mass is 10.1. The molecule has 3 rings (SSSR count). The Morgan fingerprint density at radius 3 is 2.64 bits per heavy atom. The third-order valence-corrected chi connectivity index (χ3v) is 3.87. The summed E-state index contributed by atoms with van der Waals surface area (Å²) >= 11 is 0. The number of carbonyl (C=O) groups is 1. The second-order valence-corrected chi connectivity index (χ2v) is 5.64. The number of ether oxygens (including phenoxy) is 1. The van der Waals surface area contributed by atoms with Crippen LogP contribution in [0.4, 0.5) is 5.69 Å². The summed E-state index contributed by atoms with van der Waals surface area (Å²) in [5.41, 5.74) is 1.80. The molecule has 1 fully saturated rings. The minimum absolute atomic E-state index is 0.00588. The quantitative estimate of drug-likeness (QED) is 0.858. The van der Waals surface area contributed by atoms with Gasteiger partial charge in [-0.15, -0.1) is 0 Å². The molecule has 0 aliphatic heterocycles. The predicted octanol–water partition coefficient (Wildman–Crippen LogP) is 2.10. The molecule has 3 N–H and O–H groups in total. The van der Waals surface area contributed by atoms with Crippen LogP contribution in [0.2, 0.25) is 0 Å². The van der Waals surface area contributed by atoms with Gasteiger partial charge in [0.05, 0.1) is 13.2 Å². The van der Waals surface area contributed by atoms with Gasteiger partial charge in [0.2, 0.25) is 0 Å². The topological polar surface area (TPSA) is 54.9 Å². The molecule has 4 nitrogen and oxygen atoms in total. The minimum atomic E-state index is -0.208. The molecule has 0 unspecified atom stereocenters. The number of rotatable bonds is 6. The van der Waals surface area contributed by atoms with E-state index in [9.17, 15) is 4.79 Å². The van der Waals surface area contributed by atoms with Crippen LogP contribution in [0.25, 0.3) is 0 Å². The average Bonchev–Trinajstić information content (AvgIpc) is 3.37. The van der Waals surface area contributed by atoms with Crippen LogP contribution in [0, 0.1) is 0 Å². The van der Waals surface area contributed by atoms with E-state index in [4.69, 9.17) is 4.74 Å². The highest BCUT2D eigenvalue weighted by Gasteiger charge is 2.33. The summed E-state index contributed by atoms with van der Waals surface area (Å²) in [5, 5.41) is 5.17. The van der Waals surface area contributed by atoms with Gasteiger partial charge in [-0.3, -0.25) is 4.79 Å². The molecule has 0 bridgehead atoms. The van der Waals surface area contributed by atoms with Crippen molar-refractivity contribution >= 4 is 11.6 Å². The molecular weight excluding hydrogens is 276 g/mol. The Labute approximate surface area is 130 Å². The summed E-state index contributed by atoms with van der Waals surface area (Å²) in [4.78, 5) is 12.7. The highest BCUT2D eigenvalue weighted by Crippen LogP contribution is 2.20. The largest absolute Gasteiger partial charge is 0.497 e. The lowest BCUT2D eigenvalue weighted by Gasteiger charge is -2.16. The summed E-state index contributed by atoms with van der Waals surface area (Å²) in [6.07, 6.45) is 2.38. The van der Waals surface area contributed by atoms with Crippen LogP contribution >= 0.6 is 0 Å². The van der Waals surface area contributed by atoms with E-state index in [1.54, 1.807) is 7.11 Å². The molecule has 1 aliphatic carbocycles. The molecule has 1 saturated carbocycles. The lowest BCUT2D eigenvalue weighted by molar-refractivity contribution is -0.695. The first-order valence-electron chi connectivity index (χ1n) is 7.61. The first-order chi connectivity index (χ1) is 10.8. The van der Waals surface area contributed by atoms with Crippen molar-refractivity contribution in [3.8, 4) is 5.75 Å². The van der Waals surface area contributed by atoms with Gasteiger partial charge < -0.3 is 15.4 Å². The SMILES string of the molecule is COc1cccc(NC(=O)[C@@H]([NH2+]C2CC2)c2ccccc2)c1. The van der Waals surface area contributed by atoms with Crippen molar-refractivity contribution in [1.29, 1.82) is 0 Å². The molecule has 0 aromatic heterocycles. The smallest absolute Gasteiger partial charge is 0.287 e. The second kappa shape index (κ2) is 6.62. The summed E-state index contributed by atoms with van der Waals surface area (Å²) in [7, 11) is 1.62. The van der Waals surface area contributed by atoms with Crippen molar-refractivity contribution in [3.05, 3.63) is 60.2 Å². The van der Waals surface area contributed by atoms with E-state index < -0.39 is 0 Å². The van der Waals surface area contributed by atoms with Crippen molar-refractivity contribution in [2.75, 3.05) is 12.4 Å². The number of nitrogens with two attached hydrogens (primary N) is 1. The van der Waals surface area contributed by atoms with E-state index in [-0.39, 0.29) is 11.9 Å². The number of hydrogen-bond donors (Lipinski definition) is 2. The normalized spacial score (nSPS) is 15.1. The zero-order valence-corrected chi connectivity index (χ0v) is 12.7. The van der Waals surface area contributed by atoms with E-state index in [0.717, 1.165) is 17.0 Å². The number of carbonyl (C=O) groups excluding carboxylic acids is 1. The molecule has 2 aromatic rings. The van der Waals surface area contributed by atoms with Gasteiger partial charge in [-0.1, -0.05) is 36.4 Å². The molecule has 0 spiro atoms. The first kappa shape index (κ1) is 14.6. The van der Waals surface area contributed by atoms with Crippen LogP contribution < -0.4 is 15.4 Å². The van der Waals surface area contributed by atoms with Crippen LogP contribution in [0.5, 0.6) is 5.75 Å². The lowest BCUT2D eigenvalue weighted by Crippen LogP contribution is -2.88. The molecular formula is C18H21N2O2+. The number of methoxy groups -OCH3 is 1. The van der Waals surface area contributed by atoms with Gasteiger partial charge in [0, 0.05) is 30.2 Å². The van der Waals surface area contributed by atoms with E-state index in [0.29, 0.717) is 6.04 Å². The van der Waals surface area contributed by atoms with Crippen molar-refractivity contribution in [2.24, 2.45) is 0 Å². The second-order valence-electron chi connectivity index (χ2n) is 5.64. The zero-order valence-electron chi connectivity index (χ0n) is 12.7. The maximum Gasteiger partial charge on any atom is 0.287 e. The zero-order chi connectivity index (χ0) is 15.4. The average molecular weight is 297 g/mol. The molecule has 2 aromatic carbocycles. The van der Waals surface area contributed by atoms with Gasteiger partial charge in [0.15, 0.2) is 6.04 Å². The van der Waals surface area contributed by atoms with Crippen molar-refractivity contribution in [3.63, 3.8) is 0 Å². The fourth-order valence-corrected chi connectivity index (χ4v) is 2.49. The van der Waals surface area contributed by atoms with E-state index in [1.807, 2.05) is 54.6 Å². The van der Waals surface area contributed by atoms with E-state index in [1.165, 1.54) is 12.8 Å². The Hall–Kier alpha value is -2.33. The Morgan fingerprint density at radius 1 is 1.18 bits per heavy atom. The highest BCUT2D eigenvalue weighted by molar-refractivity contribution is 5.94. The maximum atomic E-state index is 12.7. The van der Waals surface area contributed by atoms with Crippen LogP contribution in [0.15, 0.2) is 54.6 Å². The molecule has 1 amide bonds. The van der Waals surface area contributed by atoms with Crippen LogP contribution in [-0.2, 0) is 4.79 Å². The predicted molar refractivity (Wildman–Crippen MR) is 85.8 cm³/mol. The number of amides is 1. The third kappa shape index (κ3) is 3.65. The molecule has 0 heterocycles. The molecule has 0 radical (unpaired) electrons. The van der Waals surface area contributed by atoms with E-state index >= 15 is 0 Å². The first-order valence-corrected chi connectivity index (χ1v) is 7.61. The van der Waals surface area contributed by atoms with Crippen LogP contribution in [0.1, 0.15) is 24.4 Å². The Bertz CT molecular complexity index is 639. The van der Waals surface area contributed by atoms with Crippen molar-refractivity contribution in [2.45, 2.75) is 24.9 Å². The summed E-state index contributed by atoms with van der Waals surface area (Å²) in [6, 6.07) is 17.7.